The molecule has 110 valence electrons. The largest absolute Gasteiger partial charge is 0.504 e. The maximum Gasteiger partial charge on any atom is 0.160 e. The number of aromatic hydroxyl groups is 1. The highest BCUT2D eigenvalue weighted by Gasteiger charge is 2.04. The summed E-state index contributed by atoms with van der Waals surface area (Å²) >= 11 is 0. The molecule has 0 unspecified atom stereocenters. The van der Waals surface area contributed by atoms with Gasteiger partial charge in [0.15, 0.2) is 11.5 Å². The maximum absolute atomic E-state index is 9.52. The summed E-state index contributed by atoms with van der Waals surface area (Å²) in [6.45, 7) is 3.48. The number of phenols is 1. The molecule has 1 aromatic carbocycles. The van der Waals surface area contributed by atoms with Crippen molar-refractivity contribution in [1.82, 2.24) is 15.1 Å². The molecule has 0 aliphatic rings. The number of nitrogens with one attached hydrogen (secondary N) is 1. The van der Waals surface area contributed by atoms with E-state index in [9.17, 15) is 5.11 Å². The lowest BCUT2D eigenvalue weighted by molar-refractivity contribution is 0.373. The maximum atomic E-state index is 9.52. The molecule has 0 atom stereocenters. The molecule has 0 radical (unpaired) electrons. The zero-order valence-corrected chi connectivity index (χ0v) is 12.7. The van der Waals surface area contributed by atoms with Crippen molar-refractivity contribution in [3.05, 3.63) is 41.2 Å². The van der Waals surface area contributed by atoms with Crippen LogP contribution in [0.25, 0.3) is 0 Å². The number of aryl methyl sites for hydroxylation is 2. The van der Waals surface area contributed by atoms with Gasteiger partial charge in [0.1, 0.15) is 0 Å². The van der Waals surface area contributed by atoms with E-state index in [1.165, 1.54) is 5.56 Å². The molecule has 2 rings (SSSR count). The number of hydrogen-bond acceptors (Lipinski definition) is 4. The van der Waals surface area contributed by atoms with Gasteiger partial charge in [-0.25, -0.2) is 0 Å². The van der Waals surface area contributed by atoms with E-state index in [0.717, 1.165) is 17.8 Å². The summed E-state index contributed by atoms with van der Waals surface area (Å²) in [6, 6.07) is 5.35. The highest BCUT2D eigenvalue weighted by atomic mass is 35.5. The second kappa shape index (κ2) is 7.17. The van der Waals surface area contributed by atoms with Gasteiger partial charge in [-0.1, -0.05) is 6.07 Å². The standard InChI is InChI=1S/C14H19N3O2.ClH/c1-10-12(9-17(2)16-10)8-15-7-11-4-5-13(18)14(6-11)19-3;/h4-6,9,15,18H,7-8H2,1-3H3;1H. The van der Waals surface area contributed by atoms with Crippen LogP contribution in [0.3, 0.4) is 0 Å². The Bertz CT molecular complexity index is 570. The molecular weight excluding hydrogens is 278 g/mol. The van der Waals surface area contributed by atoms with Crippen molar-refractivity contribution in [2.75, 3.05) is 7.11 Å². The smallest absolute Gasteiger partial charge is 0.160 e. The van der Waals surface area contributed by atoms with E-state index < -0.39 is 0 Å². The van der Waals surface area contributed by atoms with E-state index in [1.807, 2.05) is 37.0 Å². The zero-order chi connectivity index (χ0) is 13.8. The van der Waals surface area contributed by atoms with Gasteiger partial charge >= 0.3 is 0 Å². The van der Waals surface area contributed by atoms with E-state index in [2.05, 4.69) is 10.4 Å². The normalized spacial score (nSPS) is 10.2. The fraction of sp³-hybridized carbons (Fsp3) is 0.357. The molecule has 20 heavy (non-hydrogen) atoms. The fourth-order valence-corrected chi connectivity index (χ4v) is 2.00. The Morgan fingerprint density at radius 2 is 2.10 bits per heavy atom. The zero-order valence-electron chi connectivity index (χ0n) is 11.9. The van der Waals surface area contributed by atoms with E-state index in [1.54, 1.807) is 13.2 Å². The molecule has 2 N–H and O–H groups in total. The number of rotatable bonds is 5. The Hall–Kier alpha value is -1.72. The van der Waals surface area contributed by atoms with Crippen LogP contribution in [0.1, 0.15) is 16.8 Å². The van der Waals surface area contributed by atoms with Crippen LogP contribution in [-0.4, -0.2) is 22.0 Å². The molecule has 1 aromatic heterocycles. The van der Waals surface area contributed by atoms with Crippen LogP contribution < -0.4 is 10.1 Å². The molecule has 0 amide bonds. The number of aromatic nitrogens is 2. The Labute approximate surface area is 125 Å². The third-order valence-corrected chi connectivity index (χ3v) is 3.00. The topological polar surface area (TPSA) is 59.3 Å². The number of phenolic OH excluding ortho intramolecular Hbond substituents is 1. The van der Waals surface area contributed by atoms with Crippen LogP contribution in [0.2, 0.25) is 0 Å². The monoisotopic (exact) mass is 297 g/mol. The molecular formula is C14H20ClN3O2. The SMILES string of the molecule is COc1cc(CNCc2cn(C)nc2C)ccc1O.Cl. The first-order valence-corrected chi connectivity index (χ1v) is 6.16. The first-order valence-electron chi connectivity index (χ1n) is 6.16. The number of halogens is 1. The van der Waals surface area contributed by atoms with Gasteiger partial charge in [0.25, 0.3) is 0 Å². The van der Waals surface area contributed by atoms with Gasteiger partial charge in [-0.2, -0.15) is 5.10 Å². The minimum atomic E-state index is 0. The minimum Gasteiger partial charge on any atom is -0.504 e. The Kier molecular flexibility index (Phi) is 5.85. The average Bonchev–Trinajstić information content (AvgIpc) is 2.70. The summed E-state index contributed by atoms with van der Waals surface area (Å²) in [6.07, 6.45) is 2.01. The number of benzene rings is 1. The van der Waals surface area contributed by atoms with Crippen molar-refractivity contribution in [3.63, 3.8) is 0 Å². The number of nitrogens with zero attached hydrogens (tertiary/aromatic N) is 2. The van der Waals surface area contributed by atoms with Crippen LogP contribution in [-0.2, 0) is 20.1 Å². The summed E-state index contributed by atoms with van der Waals surface area (Å²) in [4.78, 5) is 0. The molecule has 0 bridgehead atoms. The lowest BCUT2D eigenvalue weighted by Gasteiger charge is -2.07. The van der Waals surface area contributed by atoms with Crippen molar-refractivity contribution in [1.29, 1.82) is 0 Å². The lowest BCUT2D eigenvalue weighted by atomic mass is 10.2. The first-order chi connectivity index (χ1) is 9.10. The summed E-state index contributed by atoms with van der Waals surface area (Å²) in [5, 5.41) is 17.2. The molecule has 5 nitrogen and oxygen atoms in total. The van der Waals surface area contributed by atoms with Crippen LogP contribution in [0.15, 0.2) is 24.4 Å². The van der Waals surface area contributed by atoms with E-state index in [4.69, 9.17) is 4.74 Å². The molecule has 1 heterocycles. The molecule has 2 aromatic rings. The first kappa shape index (κ1) is 16.3. The summed E-state index contributed by atoms with van der Waals surface area (Å²) in [5.74, 6) is 0.659. The van der Waals surface area contributed by atoms with E-state index >= 15 is 0 Å². The Morgan fingerprint density at radius 3 is 2.70 bits per heavy atom. The van der Waals surface area contributed by atoms with Crippen LogP contribution >= 0.6 is 12.4 Å². The van der Waals surface area contributed by atoms with E-state index in [0.29, 0.717) is 12.3 Å². The Balaban J connectivity index is 0.00000200. The quantitative estimate of drug-likeness (QED) is 0.888. The minimum absolute atomic E-state index is 0. The second-order valence-electron chi connectivity index (χ2n) is 4.52. The van der Waals surface area contributed by atoms with Gasteiger partial charge in [0.2, 0.25) is 0 Å². The van der Waals surface area contributed by atoms with Crippen molar-refractivity contribution in [2.24, 2.45) is 7.05 Å². The van der Waals surface area contributed by atoms with E-state index in [-0.39, 0.29) is 18.2 Å². The van der Waals surface area contributed by atoms with Crippen LogP contribution in [0.4, 0.5) is 0 Å². The van der Waals surface area contributed by atoms with Gasteiger partial charge < -0.3 is 15.2 Å². The fourth-order valence-electron chi connectivity index (χ4n) is 2.00. The van der Waals surface area contributed by atoms with Crippen molar-refractivity contribution < 1.29 is 9.84 Å². The number of ether oxygens (including phenoxy) is 1. The van der Waals surface area contributed by atoms with Crippen LogP contribution in [0, 0.1) is 6.92 Å². The summed E-state index contributed by atoms with van der Waals surface area (Å²) in [5.41, 5.74) is 3.29. The molecule has 0 saturated carbocycles. The third-order valence-electron chi connectivity index (χ3n) is 3.00. The summed E-state index contributed by atoms with van der Waals surface area (Å²) in [7, 11) is 3.46. The van der Waals surface area contributed by atoms with Gasteiger partial charge in [-0.3, -0.25) is 4.68 Å². The second-order valence-corrected chi connectivity index (χ2v) is 4.52. The van der Waals surface area contributed by atoms with Crippen molar-refractivity contribution >= 4 is 12.4 Å². The number of hydrogen-bond donors (Lipinski definition) is 2. The molecule has 0 spiro atoms. The number of methoxy groups -OCH3 is 1. The van der Waals surface area contributed by atoms with Crippen molar-refractivity contribution in [3.8, 4) is 11.5 Å². The van der Waals surface area contributed by atoms with Gasteiger partial charge in [-0.15, -0.1) is 12.4 Å². The predicted octanol–water partition coefficient (Wildman–Crippen LogP) is 2.15. The highest BCUT2D eigenvalue weighted by molar-refractivity contribution is 5.85. The average molecular weight is 298 g/mol. The van der Waals surface area contributed by atoms with Gasteiger partial charge in [0.05, 0.1) is 12.8 Å². The molecule has 6 heteroatoms. The molecule has 0 aliphatic carbocycles. The third kappa shape index (κ3) is 3.88. The highest BCUT2D eigenvalue weighted by Crippen LogP contribution is 2.26. The van der Waals surface area contributed by atoms with Gasteiger partial charge in [-0.05, 0) is 24.6 Å². The van der Waals surface area contributed by atoms with Crippen molar-refractivity contribution in [2.45, 2.75) is 20.0 Å². The Morgan fingerprint density at radius 1 is 1.35 bits per heavy atom. The molecule has 0 saturated heterocycles. The van der Waals surface area contributed by atoms with Crippen LogP contribution in [0.5, 0.6) is 11.5 Å². The predicted molar refractivity (Wildman–Crippen MR) is 80.4 cm³/mol. The molecule has 0 aliphatic heterocycles. The molecule has 0 fully saturated rings. The summed E-state index contributed by atoms with van der Waals surface area (Å²) < 4.78 is 6.90. The van der Waals surface area contributed by atoms with Gasteiger partial charge in [0, 0.05) is 31.9 Å². The lowest BCUT2D eigenvalue weighted by Crippen LogP contribution is -2.13.